The second-order valence-electron chi connectivity index (χ2n) is 8.23. The van der Waals surface area contributed by atoms with Crippen molar-refractivity contribution in [2.75, 3.05) is 13.1 Å². The molecule has 5 nitrogen and oxygen atoms in total. The Balaban J connectivity index is 1.59. The van der Waals surface area contributed by atoms with Crippen LogP contribution in [0.1, 0.15) is 63.9 Å². The first-order valence-electron chi connectivity index (χ1n) is 9.79. The Labute approximate surface area is 165 Å². The summed E-state index contributed by atoms with van der Waals surface area (Å²) in [7, 11) is 0. The van der Waals surface area contributed by atoms with E-state index in [4.69, 9.17) is 4.98 Å². The van der Waals surface area contributed by atoms with Crippen LogP contribution in [0.5, 0.6) is 0 Å². The lowest BCUT2D eigenvalue weighted by Crippen LogP contribution is -2.39. The van der Waals surface area contributed by atoms with Crippen LogP contribution in [0.2, 0.25) is 0 Å². The van der Waals surface area contributed by atoms with Crippen LogP contribution >= 0.6 is 11.3 Å². The van der Waals surface area contributed by atoms with E-state index in [1.165, 1.54) is 4.70 Å². The van der Waals surface area contributed by atoms with Gasteiger partial charge in [0.15, 0.2) is 0 Å². The summed E-state index contributed by atoms with van der Waals surface area (Å²) >= 11 is 1.70. The highest BCUT2D eigenvalue weighted by molar-refractivity contribution is 7.18. The largest absolute Gasteiger partial charge is 0.356 e. The number of fused-ring (bicyclic) bond motifs is 1. The Hall–Kier alpha value is -1.95. The molecule has 146 valence electrons. The summed E-state index contributed by atoms with van der Waals surface area (Å²) in [5.74, 6) is 0.198. The van der Waals surface area contributed by atoms with Gasteiger partial charge in [-0.3, -0.25) is 9.59 Å². The van der Waals surface area contributed by atoms with E-state index in [1.54, 1.807) is 11.3 Å². The van der Waals surface area contributed by atoms with Gasteiger partial charge in [-0.15, -0.1) is 11.3 Å². The number of likely N-dealkylation sites (tertiary alicyclic amines) is 1. The molecule has 1 fully saturated rings. The molecule has 3 rings (SSSR count). The van der Waals surface area contributed by atoms with Crippen LogP contribution in [-0.4, -0.2) is 34.8 Å². The van der Waals surface area contributed by atoms with Crippen LogP contribution in [0.15, 0.2) is 24.3 Å². The topological polar surface area (TPSA) is 62.3 Å². The molecule has 0 bridgehead atoms. The lowest BCUT2D eigenvalue weighted by Gasteiger charge is -2.34. The number of aromatic nitrogens is 1. The molecule has 6 heteroatoms. The maximum absolute atomic E-state index is 12.8. The second-order valence-corrected chi connectivity index (χ2v) is 9.29. The molecule has 1 atom stereocenters. The van der Waals surface area contributed by atoms with E-state index in [0.717, 1.165) is 36.3 Å². The number of thiazole rings is 1. The molecular formula is C21H29N3O2S. The van der Waals surface area contributed by atoms with Crippen molar-refractivity contribution in [3.63, 3.8) is 0 Å². The SMILES string of the molecule is CC(C)(C)C(=O)NCCCC(=O)N1CCCCC1c1nc2ccccc2s1. The molecule has 0 radical (unpaired) electrons. The predicted molar refractivity (Wildman–Crippen MR) is 110 cm³/mol. The number of benzene rings is 1. The lowest BCUT2D eigenvalue weighted by molar-refractivity contribution is -0.135. The van der Waals surface area contributed by atoms with E-state index < -0.39 is 5.41 Å². The number of para-hydroxylation sites is 1. The predicted octanol–water partition coefficient (Wildman–Crippen LogP) is 4.29. The Bertz CT molecular complexity index is 776. The molecule has 0 spiro atoms. The average Bonchev–Trinajstić information content (AvgIpc) is 3.08. The Morgan fingerprint density at radius 2 is 2.04 bits per heavy atom. The summed E-state index contributed by atoms with van der Waals surface area (Å²) in [5.41, 5.74) is 0.620. The molecule has 1 N–H and O–H groups in total. The maximum Gasteiger partial charge on any atom is 0.225 e. The minimum absolute atomic E-state index is 0.0280. The summed E-state index contributed by atoms with van der Waals surface area (Å²) in [6, 6.07) is 8.24. The lowest BCUT2D eigenvalue weighted by atomic mass is 9.96. The fourth-order valence-corrected chi connectivity index (χ4v) is 4.48. The van der Waals surface area contributed by atoms with Crippen LogP contribution in [0, 0.1) is 5.41 Å². The maximum atomic E-state index is 12.8. The fraction of sp³-hybridized carbons (Fsp3) is 0.571. The zero-order valence-corrected chi connectivity index (χ0v) is 17.3. The van der Waals surface area contributed by atoms with Crippen molar-refractivity contribution in [3.8, 4) is 0 Å². The van der Waals surface area contributed by atoms with Crippen LogP contribution in [0.25, 0.3) is 10.2 Å². The average molecular weight is 388 g/mol. The van der Waals surface area contributed by atoms with Crippen molar-refractivity contribution in [1.82, 2.24) is 15.2 Å². The zero-order chi connectivity index (χ0) is 19.4. The fourth-order valence-electron chi connectivity index (χ4n) is 3.37. The molecule has 0 saturated carbocycles. The normalized spacial score (nSPS) is 17.9. The van der Waals surface area contributed by atoms with Gasteiger partial charge in [0.25, 0.3) is 0 Å². The van der Waals surface area contributed by atoms with Crippen molar-refractivity contribution >= 4 is 33.4 Å². The first-order valence-corrected chi connectivity index (χ1v) is 10.6. The standard InChI is InChI=1S/C21H29N3O2S/c1-21(2,3)20(26)22-13-8-12-18(25)24-14-7-6-10-16(24)19-23-15-9-4-5-11-17(15)27-19/h4-5,9,11,16H,6-8,10,12-14H2,1-3H3,(H,22,26). The zero-order valence-electron chi connectivity index (χ0n) is 16.5. The van der Waals surface area contributed by atoms with E-state index in [1.807, 2.05) is 43.9 Å². The molecule has 0 aliphatic carbocycles. The third-order valence-corrected chi connectivity index (χ3v) is 6.09. The Kier molecular flexibility index (Phi) is 6.15. The van der Waals surface area contributed by atoms with Gasteiger partial charge in [-0.05, 0) is 37.8 Å². The number of piperidine rings is 1. The third kappa shape index (κ3) is 4.86. The number of amides is 2. The van der Waals surface area contributed by atoms with E-state index in [0.29, 0.717) is 19.4 Å². The minimum Gasteiger partial charge on any atom is -0.356 e. The van der Waals surface area contributed by atoms with Crippen molar-refractivity contribution in [1.29, 1.82) is 0 Å². The van der Waals surface area contributed by atoms with Crippen molar-refractivity contribution in [3.05, 3.63) is 29.3 Å². The van der Waals surface area contributed by atoms with Crippen LogP contribution < -0.4 is 5.32 Å². The highest BCUT2D eigenvalue weighted by Crippen LogP contribution is 2.36. The van der Waals surface area contributed by atoms with Gasteiger partial charge >= 0.3 is 0 Å². The van der Waals surface area contributed by atoms with Crippen LogP contribution in [0.3, 0.4) is 0 Å². The van der Waals surface area contributed by atoms with Gasteiger partial charge in [0.2, 0.25) is 11.8 Å². The molecule has 2 amide bonds. The van der Waals surface area contributed by atoms with E-state index in [9.17, 15) is 9.59 Å². The van der Waals surface area contributed by atoms with Crippen molar-refractivity contribution in [2.45, 2.75) is 58.9 Å². The quantitative estimate of drug-likeness (QED) is 0.779. The van der Waals surface area contributed by atoms with Crippen molar-refractivity contribution in [2.24, 2.45) is 5.41 Å². The molecule has 1 aliphatic heterocycles. The monoisotopic (exact) mass is 387 g/mol. The molecule has 1 saturated heterocycles. The van der Waals surface area contributed by atoms with Gasteiger partial charge < -0.3 is 10.2 Å². The molecule has 1 aromatic heterocycles. The second kappa shape index (κ2) is 8.38. The Morgan fingerprint density at radius 3 is 2.78 bits per heavy atom. The van der Waals surface area contributed by atoms with Gasteiger partial charge in [-0.1, -0.05) is 32.9 Å². The van der Waals surface area contributed by atoms with Crippen LogP contribution in [-0.2, 0) is 9.59 Å². The highest BCUT2D eigenvalue weighted by atomic mass is 32.1. The minimum atomic E-state index is -0.394. The van der Waals surface area contributed by atoms with Crippen molar-refractivity contribution < 1.29 is 9.59 Å². The van der Waals surface area contributed by atoms with Gasteiger partial charge in [0.05, 0.1) is 16.3 Å². The number of hydrogen-bond donors (Lipinski definition) is 1. The van der Waals surface area contributed by atoms with E-state index in [-0.39, 0.29) is 17.9 Å². The molecule has 1 aromatic carbocycles. The number of hydrogen-bond acceptors (Lipinski definition) is 4. The number of rotatable bonds is 5. The summed E-state index contributed by atoms with van der Waals surface area (Å²) in [6.45, 7) is 7.02. The molecule has 1 aliphatic rings. The number of nitrogens with one attached hydrogen (secondary N) is 1. The molecule has 27 heavy (non-hydrogen) atoms. The summed E-state index contributed by atoms with van der Waals surface area (Å²) in [6.07, 6.45) is 4.29. The summed E-state index contributed by atoms with van der Waals surface area (Å²) < 4.78 is 1.18. The van der Waals surface area contributed by atoms with Gasteiger partial charge in [0.1, 0.15) is 5.01 Å². The Morgan fingerprint density at radius 1 is 1.26 bits per heavy atom. The van der Waals surface area contributed by atoms with E-state index >= 15 is 0 Å². The van der Waals surface area contributed by atoms with Crippen LogP contribution in [0.4, 0.5) is 0 Å². The number of nitrogens with zero attached hydrogens (tertiary/aromatic N) is 2. The third-order valence-electron chi connectivity index (χ3n) is 4.95. The molecule has 2 aromatic rings. The molecule has 2 heterocycles. The molecule has 1 unspecified atom stereocenters. The number of carbonyl (C=O) groups excluding carboxylic acids is 2. The smallest absolute Gasteiger partial charge is 0.225 e. The van der Waals surface area contributed by atoms with Gasteiger partial charge in [0, 0.05) is 24.9 Å². The summed E-state index contributed by atoms with van der Waals surface area (Å²) in [4.78, 5) is 31.5. The van der Waals surface area contributed by atoms with Gasteiger partial charge in [-0.2, -0.15) is 0 Å². The summed E-state index contributed by atoms with van der Waals surface area (Å²) in [5, 5.41) is 3.97. The molecular weight excluding hydrogens is 358 g/mol. The van der Waals surface area contributed by atoms with Gasteiger partial charge in [-0.25, -0.2) is 4.98 Å². The first kappa shape index (κ1) is 19.8. The highest BCUT2D eigenvalue weighted by Gasteiger charge is 2.30. The first-order chi connectivity index (χ1) is 12.9. The van der Waals surface area contributed by atoms with E-state index in [2.05, 4.69) is 11.4 Å². The number of carbonyl (C=O) groups is 2.